The lowest BCUT2D eigenvalue weighted by Crippen LogP contribution is -2.30. The van der Waals surface area contributed by atoms with Crippen LogP contribution in [0.25, 0.3) is 34.6 Å². The molecule has 0 aliphatic rings. The maximum Gasteiger partial charge on any atom is 0.203 e. The summed E-state index contributed by atoms with van der Waals surface area (Å²) in [5, 5.41) is 14.3. The second kappa shape index (κ2) is 10.4. The topological polar surface area (TPSA) is 104 Å². The van der Waals surface area contributed by atoms with Crippen LogP contribution in [0.2, 0.25) is 0 Å². The van der Waals surface area contributed by atoms with Crippen molar-refractivity contribution in [3.8, 4) is 22.9 Å². The van der Waals surface area contributed by atoms with E-state index in [0.29, 0.717) is 54.9 Å². The van der Waals surface area contributed by atoms with Crippen LogP contribution < -0.4 is 10.1 Å². The Morgan fingerprint density at radius 1 is 0.886 bits per heavy atom. The molecule has 0 spiro atoms. The fourth-order valence-corrected chi connectivity index (χ4v) is 3.75. The molecule has 35 heavy (non-hydrogen) atoms. The van der Waals surface area contributed by atoms with E-state index in [1.54, 1.807) is 31.1 Å². The molecular formula is C25H25N7O3. The van der Waals surface area contributed by atoms with Crippen molar-refractivity contribution in [3.63, 3.8) is 0 Å². The summed E-state index contributed by atoms with van der Waals surface area (Å²) in [6.45, 7) is 2.53. The molecule has 178 valence electrons. The van der Waals surface area contributed by atoms with E-state index in [-0.39, 0.29) is 0 Å². The van der Waals surface area contributed by atoms with Crippen LogP contribution in [-0.2, 0) is 9.47 Å². The molecule has 0 radical (unpaired) electrons. The summed E-state index contributed by atoms with van der Waals surface area (Å²) in [5.74, 6) is 1.95. The van der Waals surface area contributed by atoms with Gasteiger partial charge in [0, 0.05) is 45.8 Å². The third-order valence-corrected chi connectivity index (χ3v) is 5.48. The number of hydrogen-bond acceptors (Lipinski definition) is 9. The number of pyridine rings is 2. The van der Waals surface area contributed by atoms with E-state index in [1.807, 2.05) is 54.6 Å². The largest absolute Gasteiger partial charge is 0.441 e. The third-order valence-electron chi connectivity index (χ3n) is 5.48. The van der Waals surface area contributed by atoms with Crippen molar-refractivity contribution >= 4 is 17.6 Å². The number of aromatic nitrogens is 6. The number of methoxy groups -OCH3 is 2. The van der Waals surface area contributed by atoms with Gasteiger partial charge in [0.2, 0.25) is 5.82 Å². The highest BCUT2D eigenvalue weighted by Gasteiger charge is 2.19. The molecular weight excluding hydrogens is 446 g/mol. The average Bonchev–Trinajstić information content (AvgIpc) is 3.62. The molecule has 5 rings (SSSR count). The van der Waals surface area contributed by atoms with Crippen LogP contribution in [0.1, 0.15) is 5.76 Å². The van der Waals surface area contributed by atoms with E-state index < -0.39 is 0 Å². The maximum atomic E-state index is 6.19. The van der Waals surface area contributed by atoms with Gasteiger partial charge in [0.25, 0.3) is 0 Å². The van der Waals surface area contributed by atoms with Gasteiger partial charge in [-0.2, -0.15) is 9.61 Å². The first kappa shape index (κ1) is 22.6. The first-order valence-corrected chi connectivity index (χ1v) is 11.2. The fraction of sp³-hybridized carbons (Fsp3) is 0.240. The third kappa shape index (κ3) is 4.75. The van der Waals surface area contributed by atoms with Gasteiger partial charge in [-0.25, -0.2) is 0 Å². The van der Waals surface area contributed by atoms with Gasteiger partial charge in [-0.1, -0.05) is 12.1 Å². The predicted molar refractivity (Wildman–Crippen MR) is 131 cm³/mol. The summed E-state index contributed by atoms with van der Waals surface area (Å²) in [6, 6.07) is 15.2. The van der Waals surface area contributed by atoms with Crippen LogP contribution in [-0.4, -0.2) is 70.3 Å². The minimum Gasteiger partial charge on any atom is -0.441 e. The van der Waals surface area contributed by atoms with Gasteiger partial charge in [-0.05, 0) is 36.4 Å². The van der Waals surface area contributed by atoms with E-state index in [2.05, 4.69) is 25.1 Å². The Balaban J connectivity index is 1.60. The molecule has 0 amide bonds. The van der Waals surface area contributed by atoms with E-state index in [4.69, 9.17) is 19.0 Å². The molecule has 5 aromatic heterocycles. The maximum absolute atomic E-state index is 6.19. The van der Waals surface area contributed by atoms with E-state index in [1.165, 1.54) is 0 Å². The summed E-state index contributed by atoms with van der Waals surface area (Å²) in [7, 11) is 3.36. The molecule has 0 unspecified atom stereocenters. The first-order chi connectivity index (χ1) is 17.3. The molecule has 0 aliphatic carbocycles. The number of fused-ring (bicyclic) bond motifs is 1. The summed E-state index contributed by atoms with van der Waals surface area (Å²) in [5.41, 5.74) is 2.69. The molecule has 0 atom stereocenters. The lowest BCUT2D eigenvalue weighted by Gasteiger charge is -2.20. The van der Waals surface area contributed by atoms with E-state index in [9.17, 15) is 0 Å². The van der Waals surface area contributed by atoms with Crippen molar-refractivity contribution in [2.75, 3.05) is 45.4 Å². The Bertz CT molecular complexity index is 1430. The van der Waals surface area contributed by atoms with Gasteiger partial charge in [-0.15, -0.1) is 10.2 Å². The van der Waals surface area contributed by atoms with Crippen LogP contribution in [0.5, 0.6) is 0 Å². The van der Waals surface area contributed by atoms with Crippen LogP contribution in [0.15, 0.2) is 65.3 Å². The molecule has 0 fully saturated rings. The van der Waals surface area contributed by atoms with Crippen LogP contribution in [0.4, 0.5) is 5.88 Å². The van der Waals surface area contributed by atoms with Gasteiger partial charge in [0.15, 0.2) is 11.5 Å². The van der Waals surface area contributed by atoms with Gasteiger partial charge in [-0.3, -0.25) is 9.97 Å². The Labute approximate surface area is 201 Å². The molecule has 0 N–H and O–H groups in total. The molecule has 0 bridgehead atoms. The highest BCUT2D eigenvalue weighted by molar-refractivity contribution is 5.69. The van der Waals surface area contributed by atoms with Gasteiger partial charge >= 0.3 is 0 Å². The van der Waals surface area contributed by atoms with Crippen molar-refractivity contribution in [3.05, 3.63) is 71.9 Å². The highest BCUT2D eigenvalue weighted by atomic mass is 16.5. The van der Waals surface area contributed by atoms with Crippen LogP contribution >= 0.6 is 0 Å². The molecule has 0 aliphatic heterocycles. The monoisotopic (exact) mass is 471 g/mol. The Morgan fingerprint density at radius 3 is 2.26 bits per heavy atom. The summed E-state index contributed by atoms with van der Waals surface area (Å²) < 4.78 is 18.4. The summed E-state index contributed by atoms with van der Waals surface area (Å²) >= 11 is 0. The van der Waals surface area contributed by atoms with Gasteiger partial charge < -0.3 is 18.8 Å². The number of rotatable bonds is 10. The first-order valence-electron chi connectivity index (χ1n) is 11.2. The Morgan fingerprint density at radius 2 is 1.60 bits per heavy atom. The standard InChI is InChI=1S/C25H25N7O3/c1-33-15-13-31(14-16-34-2)22-10-9-18(35-22)17-19-23(20-7-3-5-11-26-20)30-32-24(19)28-29-25(32)21-8-4-6-12-27-21/h3-12,17H,13-16H2,1-2H3. The molecule has 0 aromatic carbocycles. The van der Waals surface area contributed by atoms with Crippen molar-refractivity contribution < 1.29 is 13.9 Å². The molecule has 0 saturated heterocycles. The summed E-state index contributed by atoms with van der Waals surface area (Å²) in [6.07, 6.45) is 5.37. The zero-order chi connectivity index (χ0) is 24.0. The molecule has 5 aromatic rings. The fourth-order valence-electron chi connectivity index (χ4n) is 3.75. The zero-order valence-corrected chi connectivity index (χ0v) is 19.5. The van der Waals surface area contributed by atoms with Crippen LogP contribution in [0, 0.1) is 0 Å². The number of anilines is 1. The molecule has 5 heterocycles. The van der Waals surface area contributed by atoms with Crippen molar-refractivity contribution in [1.29, 1.82) is 0 Å². The SMILES string of the molecule is COCCN(CCOC)c1ccc(C=c2c(-c3ccccn3)nn3c(-c4ccccn4)nnc23)o1. The van der Waals surface area contributed by atoms with Gasteiger partial charge in [0.05, 0.1) is 24.1 Å². The van der Waals surface area contributed by atoms with Crippen molar-refractivity contribution in [2.24, 2.45) is 0 Å². The van der Waals surface area contributed by atoms with Crippen molar-refractivity contribution in [1.82, 2.24) is 29.8 Å². The van der Waals surface area contributed by atoms with Gasteiger partial charge in [0.1, 0.15) is 17.1 Å². The minimum atomic E-state index is 0.558. The highest BCUT2D eigenvalue weighted by Crippen LogP contribution is 2.21. The molecule has 10 nitrogen and oxygen atoms in total. The molecule has 0 saturated carbocycles. The van der Waals surface area contributed by atoms with E-state index >= 15 is 0 Å². The number of nitrogens with zero attached hydrogens (tertiary/aromatic N) is 7. The number of hydrogen-bond donors (Lipinski definition) is 0. The second-order valence-electron chi connectivity index (χ2n) is 7.74. The van der Waals surface area contributed by atoms with E-state index in [0.717, 1.165) is 16.8 Å². The lowest BCUT2D eigenvalue weighted by molar-refractivity contribution is 0.188. The lowest BCUT2D eigenvalue weighted by atomic mass is 10.2. The number of furan rings is 1. The number of ether oxygens (including phenoxy) is 2. The van der Waals surface area contributed by atoms with Crippen molar-refractivity contribution in [2.45, 2.75) is 0 Å². The Kier molecular flexibility index (Phi) is 6.73. The predicted octanol–water partition coefficient (Wildman–Crippen LogP) is 2.49. The Hall–Kier alpha value is -4.15. The quantitative estimate of drug-likeness (QED) is 0.304. The summed E-state index contributed by atoms with van der Waals surface area (Å²) in [4.78, 5) is 11.0. The molecule has 10 heteroatoms. The minimum absolute atomic E-state index is 0.558. The van der Waals surface area contributed by atoms with Crippen LogP contribution in [0.3, 0.4) is 0 Å². The second-order valence-corrected chi connectivity index (χ2v) is 7.74. The zero-order valence-electron chi connectivity index (χ0n) is 19.5. The average molecular weight is 472 g/mol. The smallest absolute Gasteiger partial charge is 0.203 e. The normalized spacial score (nSPS) is 12.0.